The molecule has 3 heterocycles. The van der Waals surface area contributed by atoms with Crippen molar-refractivity contribution in [2.45, 2.75) is 32.0 Å². The van der Waals surface area contributed by atoms with Crippen LogP contribution in [-0.4, -0.2) is 39.9 Å². The summed E-state index contributed by atoms with van der Waals surface area (Å²) in [6.45, 7) is -1.42. The van der Waals surface area contributed by atoms with Crippen LogP contribution in [0.25, 0.3) is 11.4 Å². The van der Waals surface area contributed by atoms with Crippen LogP contribution in [0.2, 0.25) is 0 Å². The van der Waals surface area contributed by atoms with E-state index in [4.69, 9.17) is 9.26 Å². The number of hydrogen-bond acceptors (Lipinski definition) is 6. The minimum atomic E-state index is -2.93. The molecule has 1 atom stereocenters. The number of aryl methyl sites for hydroxylation is 1. The van der Waals surface area contributed by atoms with E-state index in [2.05, 4.69) is 30.4 Å². The van der Waals surface area contributed by atoms with E-state index in [1.54, 1.807) is 12.1 Å². The second kappa shape index (κ2) is 8.20. The third kappa shape index (κ3) is 4.09. The summed E-state index contributed by atoms with van der Waals surface area (Å²) in [7, 11) is 3.43. The number of ether oxygens (including phenoxy) is 2. The molecule has 1 aromatic carbocycles. The normalized spacial score (nSPS) is 17.2. The molecule has 1 saturated heterocycles. The first-order valence-corrected chi connectivity index (χ1v) is 9.36. The Balaban J connectivity index is 1.51. The van der Waals surface area contributed by atoms with Gasteiger partial charge < -0.3 is 18.6 Å². The molecule has 9 heteroatoms. The molecule has 0 N–H and O–H groups in total. The molecule has 1 aliphatic heterocycles. The van der Waals surface area contributed by atoms with Crippen LogP contribution in [0.5, 0.6) is 11.5 Å². The Labute approximate surface area is 166 Å². The van der Waals surface area contributed by atoms with Gasteiger partial charge in [-0.05, 0) is 49.7 Å². The second-order valence-electron chi connectivity index (χ2n) is 6.93. The van der Waals surface area contributed by atoms with Crippen molar-refractivity contribution in [3.63, 3.8) is 0 Å². The SMILES string of the molecule is COc1cc(-c2noc(CN3CCCC3c3cccn3C)n2)ccc1OC(F)F. The molecule has 154 valence electrons. The Bertz CT molecular complexity index is 972. The molecule has 0 aliphatic carbocycles. The maximum atomic E-state index is 12.5. The second-order valence-corrected chi connectivity index (χ2v) is 6.93. The van der Waals surface area contributed by atoms with E-state index in [9.17, 15) is 8.78 Å². The van der Waals surface area contributed by atoms with E-state index in [1.165, 1.54) is 18.9 Å². The van der Waals surface area contributed by atoms with Crippen LogP contribution in [0.15, 0.2) is 41.1 Å². The van der Waals surface area contributed by atoms with Crippen molar-refractivity contribution in [1.82, 2.24) is 19.6 Å². The molecule has 0 bridgehead atoms. The van der Waals surface area contributed by atoms with Crippen LogP contribution in [-0.2, 0) is 13.6 Å². The Morgan fingerprint density at radius 3 is 2.86 bits per heavy atom. The summed E-state index contributed by atoms with van der Waals surface area (Å²) in [6.07, 6.45) is 4.24. The zero-order valence-electron chi connectivity index (χ0n) is 16.2. The molecular weight excluding hydrogens is 382 g/mol. The van der Waals surface area contributed by atoms with Gasteiger partial charge in [-0.15, -0.1) is 0 Å². The lowest BCUT2D eigenvalue weighted by molar-refractivity contribution is -0.0512. The molecule has 0 amide bonds. The summed E-state index contributed by atoms with van der Waals surface area (Å²) in [6, 6.07) is 9.05. The third-order valence-electron chi connectivity index (χ3n) is 5.13. The maximum absolute atomic E-state index is 12.5. The van der Waals surface area contributed by atoms with Gasteiger partial charge >= 0.3 is 6.61 Å². The number of likely N-dealkylation sites (tertiary alicyclic amines) is 1. The fourth-order valence-electron chi connectivity index (χ4n) is 3.78. The number of benzene rings is 1. The highest BCUT2D eigenvalue weighted by atomic mass is 19.3. The summed E-state index contributed by atoms with van der Waals surface area (Å²) in [5.74, 6) is 1.01. The summed E-state index contributed by atoms with van der Waals surface area (Å²) >= 11 is 0. The van der Waals surface area contributed by atoms with E-state index in [0.717, 1.165) is 19.4 Å². The van der Waals surface area contributed by atoms with Gasteiger partial charge in [-0.1, -0.05) is 5.16 Å². The molecule has 4 rings (SSSR count). The fourth-order valence-corrected chi connectivity index (χ4v) is 3.78. The van der Waals surface area contributed by atoms with Gasteiger partial charge in [-0.3, -0.25) is 4.90 Å². The zero-order chi connectivity index (χ0) is 20.4. The van der Waals surface area contributed by atoms with E-state index in [-0.39, 0.29) is 11.5 Å². The molecule has 0 spiro atoms. The summed E-state index contributed by atoms with van der Waals surface area (Å²) in [5, 5.41) is 4.04. The number of nitrogens with zero attached hydrogens (tertiary/aromatic N) is 4. The average molecular weight is 404 g/mol. The van der Waals surface area contributed by atoms with Gasteiger partial charge in [0.2, 0.25) is 11.7 Å². The smallest absolute Gasteiger partial charge is 0.387 e. The largest absolute Gasteiger partial charge is 0.493 e. The van der Waals surface area contributed by atoms with Gasteiger partial charge in [-0.25, -0.2) is 0 Å². The molecule has 0 saturated carbocycles. The van der Waals surface area contributed by atoms with Gasteiger partial charge in [0.05, 0.1) is 19.7 Å². The first kappa shape index (κ1) is 19.4. The molecule has 1 aliphatic rings. The third-order valence-corrected chi connectivity index (χ3v) is 5.13. The number of aromatic nitrogens is 3. The number of halogens is 2. The summed E-state index contributed by atoms with van der Waals surface area (Å²) < 4.78 is 42.1. The van der Waals surface area contributed by atoms with Gasteiger partial charge in [-0.2, -0.15) is 13.8 Å². The van der Waals surface area contributed by atoms with Crippen molar-refractivity contribution in [3.8, 4) is 22.9 Å². The molecule has 1 fully saturated rings. The average Bonchev–Trinajstić information content (AvgIpc) is 3.43. The first-order chi connectivity index (χ1) is 14.0. The molecule has 2 aromatic heterocycles. The maximum Gasteiger partial charge on any atom is 0.387 e. The zero-order valence-corrected chi connectivity index (χ0v) is 16.2. The lowest BCUT2D eigenvalue weighted by Gasteiger charge is -2.23. The molecule has 29 heavy (non-hydrogen) atoms. The predicted molar refractivity (Wildman–Crippen MR) is 101 cm³/mol. The lowest BCUT2D eigenvalue weighted by atomic mass is 10.1. The Hall–Kier alpha value is -2.94. The van der Waals surface area contributed by atoms with Crippen LogP contribution in [0, 0.1) is 0 Å². The Kier molecular flexibility index (Phi) is 5.48. The van der Waals surface area contributed by atoms with Gasteiger partial charge in [0, 0.05) is 24.5 Å². The van der Waals surface area contributed by atoms with Crippen LogP contribution in [0.3, 0.4) is 0 Å². The monoisotopic (exact) mass is 404 g/mol. The number of rotatable bonds is 7. The Morgan fingerprint density at radius 2 is 2.14 bits per heavy atom. The number of hydrogen-bond donors (Lipinski definition) is 0. The van der Waals surface area contributed by atoms with Crippen LogP contribution < -0.4 is 9.47 Å². The van der Waals surface area contributed by atoms with Crippen molar-refractivity contribution in [2.75, 3.05) is 13.7 Å². The molecule has 1 unspecified atom stereocenters. The van der Waals surface area contributed by atoms with Gasteiger partial charge in [0.1, 0.15) is 0 Å². The van der Waals surface area contributed by atoms with Crippen molar-refractivity contribution in [2.24, 2.45) is 7.05 Å². The molecule has 7 nitrogen and oxygen atoms in total. The number of methoxy groups -OCH3 is 1. The van der Waals surface area contributed by atoms with E-state index in [0.29, 0.717) is 29.9 Å². The Morgan fingerprint density at radius 1 is 1.28 bits per heavy atom. The minimum absolute atomic E-state index is 0.0440. The van der Waals surface area contributed by atoms with E-state index < -0.39 is 6.61 Å². The molecule has 3 aromatic rings. The van der Waals surface area contributed by atoms with Gasteiger partial charge in [0.15, 0.2) is 11.5 Å². The fraction of sp³-hybridized carbons (Fsp3) is 0.400. The minimum Gasteiger partial charge on any atom is -0.493 e. The van der Waals surface area contributed by atoms with Crippen LogP contribution >= 0.6 is 0 Å². The quantitative estimate of drug-likeness (QED) is 0.593. The summed E-state index contributed by atoms with van der Waals surface area (Å²) in [5.41, 5.74) is 1.86. The first-order valence-electron chi connectivity index (χ1n) is 9.36. The highest BCUT2D eigenvalue weighted by Crippen LogP contribution is 2.34. The predicted octanol–water partition coefficient (Wildman–Crippen LogP) is 4.02. The topological polar surface area (TPSA) is 65.6 Å². The highest BCUT2D eigenvalue weighted by Gasteiger charge is 2.29. The number of alkyl halides is 2. The van der Waals surface area contributed by atoms with E-state index in [1.807, 2.05) is 19.3 Å². The molecule has 0 radical (unpaired) electrons. The van der Waals surface area contributed by atoms with Gasteiger partial charge in [0.25, 0.3) is 0 Å². The lowest BCUT2D eigenvalue weighted by Crippen LogP contribution is -2.24. The van der Waals surface area contributed by atoms with Crippen molar-refractivity contribution < 1.29 is 22.8 Å². The van der Waals surface area contributed by atoms with E-state index >= 15 is 0 Å². The van der Waals surface area contributed by atoms with Crippen molar-refractivity contribution >= 4 is 0 Å². The molecular formula is C20H22F2N4O3. The van der Waals surface area contributed by atoms with Crippen molar-refractivity contribution in [3.05, 3.63) is 48.1 Å². The van der Waals surface area contributed by atoms with Crippen LogP contribution in [0.1, 0.15) is 30.5 Å². The van der Waals surface area contributed by atoms with Crippen molar-refractivity contribution in [1.29, 1.82) is 0 Å². The van der Waals surface area contributed by atoms with Crippen LogP contribution in [0.4, 0.5) is 8.78 Å². The highest BCUT2D eigenvalue weighted by molar-refractivity contribution is 5.60. The standard InChI is InChI=1S/C20H22F2N4O3/c1-25-9-3-5-14(25)15-6-4-10-26(15)12-18-23-19(24-29-18)13-7-8-16(28-20(21)22)17(11-13)27-2/h3,5,7-9,11,15,20H,4,6,10,12H2,1-2H3. The summed E-state index contributed by atoms with van der Waals surface area (Å²) in [4.78, 5) is 6.80.